The van der Waals surface area contributed by atoms with Crippen molar-refractivity contribution in [1.29, 1.82) is 0 Å². The van der Waals surface area contributed by atoms with Gasteiger partial charge in [0.2, 0.25) is 5.91 Å². The Balaban J connectivity index is 2.03. The van der Waals surface area contributed by atoms with E-state index in [-0.39, 0.29) is 22.3 Å². The SMILES string of the molecule is COc1ccccc1N(CC(=O)Nc1c(C)cccc1C(C)C)S(=O)(=O)c1ccc(F)cc1. The summed E-state index contributed by atoms with van der Waals surface area (Å²) in [5.74, 6) is -0.623. The summed E-state index contributed by atoms with van der Waals surface area (Å²) in [7, 11) is -2.78. The molecule has 3 rings (SSSR count). The number of carbonyl (C=O) groups excluding carboxylic acids is 1. The zero-order valence-corrected chi connectivity index (χ0v) is 19.8. The molecule has 174 valence electrons. The van der Waals surface area contributed by atoms with Gasteiger partial charge in [0.15, 0.2) is 0 Å². The Bertz CT molecular complexity index is 1240. The highest BCUT2D eigenvalue weighted by molar-refractivity contribution is 7.92. The number of rotatable bonds is 8. The van der Waals surface area contributed by atoms with Crippen molar-refractivity contribution < 1.29 is 22.3 Å². The molecule has 3 aromatic carbocycles. The summed E-state index contributed by atoms with van der Waals surface area (Å²) in [6, 6.07) is 16.7. The number of hydrogen-bond acceptors (Lipinski definition) is 4. The molecule has 0 aliphatic carbocycles. The van der Waals surface area contributed by atoms with E-state index in [1.54, 1.807) is 24.3 Å². The second-order valence-electron chi connectivity index (χ2n) is 7.88. The minimum Gasteiger partial charge on any atom is -0.495 e. The third-order valence-corrected chi connectivity index (χ3v) is 7.01. The Morgan fingerprint density at radius 3 is 2.33 bits per heavy atom. The highest BCUT2D eigenvalue weighted by Gasteiger charge is 2.29. The van der Waals surface area contributed by atoms with E-state index in [2.05, 4.69) is 5.32 Å². The highest BCUT2D eigenvalue weighted by Crippen LogP contribution is 2.33. The number of nitrogens with zero attached hydrogens (tertiary/aromatic N) is 1. The molecular formula is C25H27FN2O4S. The number of anilines is 2. The van der Waals surface area contributed by atoms with Crippen molar-refractivity contribution in [2.75, 3.05) is 23.3 Å². The molecule has 0 saturated carbocycles. The zero-order valence-electron chi connectivity index (χ0n) is 19.0. The summed E-state index contributed by atoms with van der Waals surface area (Å²) >= 11 is 0. The van der Waals surface area contributed by atoms with Crippen molar-refractivity contribution in [1.82, 2.24) is 0 Å². The summed E-state index contributed by atoms with van der Waals surface area (Å²) in [4.78, 5) is 13.0. The zero-order chi connectivity index (χ0) is 24.2. The van der Waals surface area contributed by atoms with Gasteiger partial charge in [-0.1, -0.05) is 44.2 Å². The molecule has 0 fully saturated rings. The van der Waals surface area contributed by atoms with Crippen LogP contribution in [0.4, 0.5) is 15.8 Å². The lowest BCUT2D eigenvalue weighted by Gasteiger charge is -2.26. The quantitative estimate of drug-likeness (QED) is 0.497. The van der Waals surface area contributed by atoms with Gasteiger partial charge < -0.3 is 10.1 Å². The fourth-order valence-corrected chi connectivity index (χ4v) is 4.95. The predicted octanol–water partition coefficient (Wildman–Crippen LogP) is 5.10. The van der Waals surface area contributed by atoms with Crippen LogP contribution in [0.25, 0.3) is 0 Å². The Labute approximate surface area is 194 Å². The number of ether oxygens (including phenoxy) is 1. The molecule has 0 heterocycles. The Kier molecular flexibility index (Phi) is 7.38. The van der Waals surface area contributed by atoms with Crippen LogP contribution in [-0.4, -0.2) is 28.0 Å². The largest absolute Gasteiger partial charge is 0.495 e. The monoisotopic (exact) mass is 470 g/mol. The van der Waals surface area contributed by atoms with E-state index in [4.69, 9.17) is 4.74 Å². The van der Waals surface area contributed by atoms with Gasteiger partial charge in [-0.15, -0.1) is 0 Å². The lowest BCUT2D eigenvalue weighted by atomic mass is 9.98. The van der Waals surface area contributed by atoms with E-state index in [1.807, 2.05) is 39.0 Å². The van der Waals surface area contributed by atoms with E-state index in [0.717, 1.165) is 27.6 Å². The smallest absolute Gasteiger partial charge is 0.264 e. The van der Waals surface area contributed by atoms with Crippen LogP contribution in [0.15, 0.2) is 71.6 Å². The van der Waals surface area contributed by atoms with E-state index in [9.17, 15) is 17.6 Å². The van der Waals surface area contributed by atoms with Crippen molar-refractivity contribution >= 4 is 27.3 Å². The molecule has 6 nitrogen and oxygen atoms in total. The van der Waals surface area contributed by atoms with Gasteiger partial charge in [-0.2, -0.15) is 0 Å². The maximum atomic E-state index is 13.5. The van der Waals surface area contributed by atoms with Crippen LogP contribution in [0.1, 0.15) is 30.9 Å². The van der Waals surface area contributed by atoms with Crippen molar-refractivity contribution in [3.8, 4) is 5.75 Å². The number of amides is 1. The second kappa shape index (κ2) is 10.0. The number of sulfonamides is 1. The summed E-state index contributed by atoms with van der Waals surface area (Å²) in [6.45, 7) is 5.43. The lowest BCUT2D eigenvalue weighted by Crippen LogP contribution is -2.38. The first-order chi connectivity index (χ1) is 15.6. The minimum atomic E-state index is -4.20. The predicted molar refractivity (Wildman–Crippen MR) is 128 cm³/mol. The highest BCUT2D eigenvalue weighted by atomic mass is 32.2. The van der Waals surface area contributed by atoms with E-state index in [1.165, 1.54) is 19.2 Å². The first-order valence-electron chi connectivity index (χ1n) is 10.5. The van der Waals surface area contributed by atoms with Crippen molar-refractivity contribution in [3.63, 3.8) is 0 Å². The van der Waals surface area contributed by atoms with Gasteiger partial charge in [-0.25, -0.2) is 12.8 Å². The number of carbonyl (C=O) groups is 1. The molecule has 3 aromatic rings. The summed E-state index contributed by atoms with van der Waals surface area (Å²) in [5, 5.41) is 2.88. The van der Waals surface area contributed by atoms with Crippen LogP contribution < -0.4 is 14.4 Å². The number of halogens is 1. The van der Waals surface area contributed by atoms with E-state index in [0.29, 0.717) is 5.69 Å². The van der Waals surface area contributed by atoms with Crippen LogP contribution in [-0.2, 0) is 14.8 Å². The van der Waals surface area contributed by atoms with Gasteiger partial charge in [0.1, 0.15) is 18.1 Å². The molecule has 0 spiro atoms. The maximum Gasteiger partial charge on any atom is 0.264 e. The van der Waals surface area contributed by atoms with Crippen molar-refractivity contribution in [2.24, 2.45) is 0 Å². The topological polar surface area (TPSA) is 75.7 Å². The maximum absolute atomic E-state index is 13.5. The van der Waals surface area contributed by atoms with Gasteiger partial charge >= 0.3 is 0 Å². The molecule has 1 N–H and O–H groups in total. The molecule has 0 saturated heterocycles. The summed E-state index contributed by atoms with van der Waals surface area (Å²) < 4.78 is 46.8. The Morgan fingerprint density at radius 2 is 1.70 bits per heavy atom. The average molecular weight is 471 g/mol. The normalized spacial score (nSPS) is 11.3. The molecule has 0 aromatic heterocycles. The number of nitrogens with one attached hydrogen (secondary N) is 1. The molecule has 8 heteroatoms. The first kappa shape index (κ1) is 24.3. The van der Waals surface area contributed by atoms with E-state index >= 15 is 0 Å². The fourth-order valence-electron chi connectivity index (χ4n) is 3.52. The Morgan fingerprint density at radius 1 is 1.03 bits per heavy atom. The molecule has 0 radical (unpaired) electrons. The van der Waals surface area contributed by atoms with Crippen molar-refractivity contribution in [3.05, 3.63) is 83.7 Å². The molecule has 0 unspecified atom stereocenters. The fraction of sp³-hybridized carbons (Fsp3) is 0.240. The van der Waals surface area contributed by atoms with Crippen LogP contribution >= 0.6 is 0 Å². The van der Waals surface area contributed by atoms with Crippen LogP contribution in [0.3, 0.4) is 0 Å². The lowest BCUT2D eigenvalue weighted by molar-refractivity contribution is -0.114. The molecule has 0 aliphatic heterocycles. The molecule has 33 heavy (non-hydrogen) atoms. The number of hydrogen-bond donors (Lipinski definition) is 1. The molecule has 0 bridgehead atoms. The minimum absolute atomic E-state index is 0.138. The molecule has 1 amide bonds. The molecule has 0 atom stereocenters. The standard InChI is InChI=1S/C25H27FN2O4S/c1-17(2)21-9-7-8-18(3)25(21)27-24(29)16-28(22-10-5-6-11-23(22)32-4)33(30,31)20-14-12-19(26)13-15-20/h5-15,17H,16H2,1-4H3,(H,27,29). The van der Waals surface area contributed by atoms with Gasteiger partial charge in [-0.3, -0.25) is 9.10 Å². The average Bonchev–Trinajstić information content (AvgIpc) is 2.78. The summed E-state index contributed by atoms with van der Waals surface area (Å²) in [5.41, 5.74) is 2.69. The van der Waals surface area contributed by atoms with Gasteiger partial charge in [-0.05, 0) is 60.4 Å². The molecular weight excluding hydrogens is 443 g/mol. The second-order valence-corrected chi connectivity index (χ2v) is 9.74. The number of benzene rings is 3. The molecule has 0 aliphatic rings. The van der Waals surface area contributed by atoms with Gasteiger partial charge in [0.25, 0.3) is 10.0 Å². The third-order valence-electron chi connectivity index (χ3n) is 5.23. The summed E-state index contributed by atoms with van der Waals surface area (Å²) in [6.07, 6.45) is 0. The van der Waals surface area contributed by atoms with Crippen LogP contribution in [0, 0.1) is 12.7 Å². The van der Waals surface area contributed by atoms with Gasteiger partial charge in [0.05, 0.1) is 17.7 Å². The van der Waals surface area contributed by atoms with E-state index < -0.39 is 28.3 Å². The van der Waals surface area contributed by atoms with Crippen molar-refractivity contribution in [2.45, 2.75) is 31.6 Å². The third kappa shape index (κ3) is 5.34. The number of para-hydroxylation sites is 3. The first-order valence-corrected chi connectivity index (χ1v) is 11.9. The van der Waals surface area contributed by atoms with Gasteiger partial charge in [0, 0.05) is 5.69 Å². The number of aryl methyl sites for hydroxylation is 1. The number of methoxy groups -OCH3 is 1. The van der Waals surface area contributed by atoms with Crippen LogP contribution in [0.2, 0.25) is 0 Å². The Hall–Kier alpha value is -3.39. The van der Waals surface area contributed by atoms with Crippen LogP contribution in [0.5, 0.6) is 5.75 Å².